The Morgan fingerprint density at radius 2 is 2.24 bits per heavy atom. The number of carbonyl (C=O) groups is 1. The normalized spacial score (nSPS) is 10.7. The lowest BCUT2D eigenvalue weighted by Gasteiger charge is -2.08. The molecule has 21 heavy (non-hydrogen) atoms. The standard InChI is InChI=1S/C15H11FN2O2S/c16-12-4-3-10(8-11(12)15(19)20)9-18-6-5-17-14(18)13-2-1-7-21-13/h1-8H,9H2,(H,19,20). The molecule has 0 aliphatic rings. The van der Waals surface area contributed by atoms with Crippen LogP contribution >= 0.6 is 11.3 Å². The van der Waals surface area contributed by atoms with Crippen LogP contribution in [0.5, 0.6) is 0 Å². The highest BCUT2D eigenvalue weighted by molar-refractivity contribution is 7.13. The Morgan fingerprint density at radius 3 is 2.95 bits per heavy atom. The van der Waals surface area contributed by atoms with E-state index in [0.29, 0.717) is 12.1 Å². The lowest BCUT2D eigenvalue weighted by atomic mass is 10.1. The summed E-state index contributed by atoms with van der Waals surface area (Å²) in [6.45, 7) is 0.438. The van der Waals surface area contributed by atoms with Crippen LogP contribution < -0.4 is 0 Å². The number of rotatable bonds is 4. The van der Waals surface area contributed by atoms with Crippen molar-refractivity contribution in [3.05, 3.63) is 65.0 Å². The van der Waals surface area contributed by atoms with E-state index in [0.717, 1.165) is 10.7 Å². The molecule has 106 valence electrons. The predicted molar refractivity (Wildman–Crippen MR) is 78.0 cm³/mol. The van der Waals surface area contributed by atoms with E-state index in [4.69, 9.17) is 5.11 Å². The molecule has 0 spiro atoms. The van der Waals surface area contributed by atoms with Gasteiger partial charge in [0.15, 0.2) is 0 Å². The average molecular weight is 302 g/mol. The van der Waals surface area contributed by atoms with Crippen molar-refractivity contribution >= 4 is 17.3 Å². The van der Waals surface area contributed by atoms with Crippen molar-refractivity contribution in [2.75, 3.05) is 0 Å². The van der Waals surface area contributed by atoms with E-state index >= 15 is 0 Å². The zero-order valence-corrected chi connectivity index (χ0v) is 11.7. The topological polar surface area (TPSA) is 55.1 Å². The van der Waals surface area contributed by atoms with E-state index in [9.17, 15) is 9.18 Å². The molecule has 0 aliphatic heterocycles. The third-order valence-electron chi connectivity index (χ3n) is 3.07. The fourth-order valence-electron chi connectivity index (χ4n) is 2.10. The van der Waals surface area contributed by atoms with Gasteiger partial charge in [-0.2, -0.15) is 0 Å². The van der Waals surface area contributed by atoms with Gasteiger partial charge in [0.25, 0.3) is 0 Å². The van der Waals surface area contributed by atoms with Crippen LogP contribution in [0.2, 0.25) is 0 Å². The maximum Gasteiger partial charge on any atom is 0.338 e. The Hall–Kier alpha value is -2.47. The lowest BCUT2D eigenvalue weighted by Crippen LogP contribution is -2.05. The summed E-state index contributed by atoms with van der Waals surface area (Å²) in [5.41, 5.74) is 0.398. The van der Waals surface area contributed by atoms with E-state index < -0.39 is 11.8 Å². The van der Waals surface area contributed by atoms with Gasteiger partial charge in [0.1, 0.15) is 11.6 Å². The summed E-state index contributed by atoms with van der Waals surface area (Å²) >= 11 is 1.58. The van der Waals surface area contributed by atoms with Crippen molar-refractivity contribution in [2.45, 2.75) is 6.54 Å². The molecule has 0 radical (unpaired) electrons. The van der Waals surface area contributed by atoms with E-state index in [-0.39, 0.29) is 5.56 Å². The molecule has 3 rings (SSSR count). The summed E-state index contributed by atoms with van der Waals surface area (Å²) in [4.78, 5) is 16.3. The number of benzene rings is 1. The Bertz CT molecular complexity index is 781. The number of hydrogen-bond acceptors (Lipinski definition) is 3. The van der Waals surface area contributed by atoms with Gasteiger partial charge in [-0.15, -0.1) is 11.3 Å². The van der Waals surface area contributed by atoms with Gasteiger partial charge in [-0.25, -0.2) is 14.2 Å². The van der Waals surface area contributed by atoms with Gasteiger partial charge in [-0.05, 0) is 29.1 Å². The first-order chi connectivity index (χ1) is 10.1. The number of hydrogen-bond donors (Lipinski definition) is 1. The van der Waals surface area contributed by atoms with Crippen LogP contribution in [0.25, 0.3) is 10.7 Å². The van der Waals surface area contributed by atoms with Crippen LogP contribution in [0, 0.1) is 5.82 Å². The summed E-state index contributed by atoms with van der Waals surface area (Å²) in [6.07, 6.45) is 3.51. The molecule has 0 saturated heterocycles. The SMILES string of the molecule is O=C(O)c1cc(Cn2ccnc2-c2cccs2)ccc1F. The van der Waals surface area contributed by atoms with E-state index in [1.54, 1.807) is 23.6 Å². The summed E-state index contributed by atoms with van der Waals surface area (Å²) in [6, 6.07) is 8.03. The van der Waals surface area contributed by atoms with Gasteiger partial charge in [0.2, 0.25) is 0 Å². The number of thiophene rings is 1. The third-order valence-corrected chi connectivity index (χ3v) is 3.94. The first-order valence-corrected chi connectivity index (χ1v) is 7.10. The molecule has 4 nitrogen and oxygen atoms in total. The van der Waals surface area contributed by atoms with E-state index in [1.807, 2.05) is 28.3 Å². The maximum absolute atomic E-state index is 13.4. The zero-order valence-electron chi connectivity index (χ0n) is 10.9. The predicted octanol–water partition coefficient (Wildman–Crippen LogP) is 3.50. The number of carboxylic acids is 1. The number of imidazole rings is 1. The van der Waals surface area contributed by atoms with Gasteiger partial charge in [0.05, 0.1) is 10.4 Å². The molecule has 1 N–H and O–H groups in total. The molecule has 0 aliphatic carbocycles. The van der Waals surface area contributed by atoms with Gasteiger partial charge < -0.3 is 9.67 Å². The molecular weight excluding hydrogens is 291 g/mol. The number of carboxylic acid groups (broad SMARTS) is 1. The van der Waals surface area contributed by atoms with Crippen LogP contribution in [-0.4, -0.2) is 20.6 Å². The quantitative estimate of drug-likeness (QED) is 0.802. The Labute approximate surface area is 124 Å². The molecule has 0 amide bonds. The number of aromatic carboxylic acids is 1. The lowest BCUT2D eigenvalue weighted by molar-refractivity contribution is 0.0691. The number of aromatic nitrogens is 2. The smallest absolute Gasteiger partial charge is 0.338 e. The minimum atomic E-state index is -1.27. The average Bonchev–Trinajstić information content (AvgIpc) is 3.11. The van der Waals surface area contributed by atoms with Crippen molar-refractivity contribution in [1.29, 1.82) is 0 Å². The molecule has 2 aromatic heterocycles. The van der Waals surface area contributed by atoms with E-state index in [1.165, 1.54) is 12.1 Å². The van der Waals surface area contributed by atoms with Gasteiger partial charge in [-0.1, -0.05) is 12.1 Å². The van der Waals surface area contributed by atoms with Crippen molar-refractivity contribution in [3.8, 4) is 10.7 Å². The minimum absolute atomic E-state index is 0.315. The van der Waals surface area contributed by atoms with Crippen LogP contribution in [0.15, 0.2) is 48.1 Å². The zero-order chi connectivity index (χ0) is 14.8. The highest BCUT2D eigenvalue weighted by Crippen LogP contribution is 2.23. The van der Waals surface area contributed by atoms with Gasteiger partial charge >= 0.3 is 5.97 Å². The first-order valence-electron chi connectivity index (χ1n) is 6.22. The van der Waals surface area contributed by atoms with E-state index in [2.05, 4.69) is 4.98 Å². The summed E-state index contributed by atoms with van der Waals surface area (Å²) in [5.74, 6) is -1.18. The molecule has 3 aromatic rings. The molecule has 0 saturated carbocycles. The van der Waals surface area contributed by atoms with Crippen molar-refractivity contribution in [2.24, 2.45) is 0 Å². The molecule has 6 heteroatoms. The van der Waals surface area contributed by atoms with Crippen LogP contribution in [0.1, 0.15) is 15.9 Å². The second-order valence-corrected chi connectivity index (χ2v) is 5.42. The first kappa shape index (κ1) is 13.5. The van der Waals surface area contributed by atoms with Crippen molar-refractivity contribution in [1.82, 2.24) is 9.55 Å². The molecular formula is C15H11FN2O2S. The second kappa shape index (κ2) is 5.49. The Kier molecular flexibility index (Phi) is 3.53. The largest absolute Gasteiger partial charge is 0.478 e. The molecule has 2 heterocycles. The summed E-state index contributed by atoms with van der Waals surface area (Å²) < 4.78 is 15.3. The van der Waals surface area contributed by atoms with Crippen molar-refractivity contribution in [3.63, 3.8) is 0 Å². The van der Waals surface area contributed by atoms with Gasteiger partial charge in [0, 0.05) is 18.9 Å². The highest BCUT2D eigenvalue weighted by Gasteiger charge is 2.12. The highest BCUT2D eigenvalue weighted by atomic mass is 32.1. The molecule has 0 fully saturated rings. The fourth-order valence-corrected chi connectivity index (χ4v) is 2.84. The maximum atomic E-state index is 13.4. The molecule has 0 bridgehead atoms. The minimum Gasteiger partial charge on any atom is -0.478 e. The Morgan fingerprint density at radius 1 is 1.38 bits per heavy atom. The second-order valence-electron chi connectivity index (χ2n) is 4.48. The third kappa shape index (κ3) is 2.71. The van der Waals surface area contributed by atoms with Crippen LogP contribution in [0.4, 0.5) is 4.39 Å². The fraction of sp³-hybridized carbons (Fsp3) is 0.0667. The van der Waals surface area contributed by atoms with Crippen LogP contribution in [-0.2, 0) is 6.54 Å². The molecule has 0 atom stereocenters. The molecule has 0 unspecified atom stereocenters. The van der Waals surface area contributed by atoms with Gasteiger partial charge in [-0.3, -0.25) is 0 Å². The number of halogens is 1. The number of nitrogens with zero attached hydrogens (tertiary/aromatic N) is 2. The van der Waals surface area contributed by atoms with Crippen LogP contribution in [0.3, 0.4) is 0 Å². The molecule has 1 aromatic carbocycles. The van der Waals surface area contributed by atoms with Crippen molar-refractivity contribution < 1.29 is 14.3 Å². The Balaban J connectivity index is 1.93. The summed E-state index contributed by atoms with van der Waals surface area (Å²) in [5, 5.41) is 10.9. The monoisotopic (exact) mass is 302 g/mol. The summed E-state index contributed by atoms with van der Waals surface area (Å²) in [7, 11) is 0.